The molecule has 1 saturated heterocycles. The van der Waals surface area contributed by atoms with Crippen molar-refractivity contribution in [3.63, 3.8) is 0 Å². The largest absolute Gasteiger partial charge is 0.371 e. The monoisotopic (exact) mass is 381 g/mol. The van der Waals surface area contributed by atoms with E-state index in [1.807, 2.05) is 12.1 Å². The summed E-state index contributed by atoms with van der Waals surface area (Å²) in [5.74, 6) is 2.19. The number of nitrogens with zero attached hydrogens (tertiary/aromatic N) is 5. The van der Waals surface area contributed by atoms with Crippen LogP contribution < -0.4 is 9.80 Å². The minimum atomic E-state index is 0.431. The minimum absolute atomic E-state index is 0.431. The highest BCUT2D eigenvalue weighted by Crippen LogP contribution is 2.33. The molecule has 2 fully saturated rings. The van der Waals surface area contributed by atoms with Crippen LogP contribution in [0.15, 0.2) is 36.5 Å². The molecule has 4 rings (SSSR count). The molecular formula is C21H24ClN5. The van der Waals surface area contributed by atoms with Gasteiger partial charge in [0.2, 0.25) is 5.95 Å². The van der Waals surface area contributed by atoms with E-state index in [0.717, 1.165) is 50.0 Å². The number of aromatic nitrogens is 2. The van der Waals surface area contributed by atoms with Crippen molar-refractivity contribution in [3.05, 3.63) is 47.2 Å². The van der Waals surface area contributed by atoms with E-state index in [1.165, 1.54) is 18.5 Å². The molecule has 140 valence electrons. The van der Waals surface area contributed by atoms with E-state index in [-0.39, 0.29) is 0 Å². The van der Waals surface area contributed by atoms with E-state index < -0.39 is 0 Å². The molecule has 6 heteroatoms. The van der Waals surface area contributed by atoms with E-state index in [0.29, 0.717) is 17.6 Å². The lowest BCUT2D eigenvalue weighted by molar-refractivity contribution is 0.398. The van der Waals surface area contributed by atoms with E-state index in [1.54, 1.807) is 12.3 Å². The zero-order chi connectivity index (χ0) is 18.6. The van der Waals surface area contributed by atoms with Crippen LogP contribution in [-0.4, -0.2) is 36.1 Å². The van der Waals surface area contributed by atoms with Gasteiger partial charge in [-0.05, 0) is 67.9 Å². The van der Waals surface area contributed by atoms with Crippen LogP contribution in [0.5, 0.6) is 0 Å². The summed E-state index contributed by atoms with van der Waals surface area (Å²) in [5, 5.41) is 9.82. The van der Waals surface area contributed by atoms with Gasteiger partial charge in [0, 0.05) is 43.1 Å². The van der Waals surface area contributed by atoms with Crippen LogP contribution in [0.1, 0.15) is 31.4 Å². The summed E-state index contributed by atoms with van der Waals surface area (Å²) in [4.78, 5) is 13.4. The van der Waals surface area contributed by atoms with Gasteiger partial charge in [-0.15, -0.1) is 0 Å². The second-order valence-corrected chi connectivity index (χ2v) is 8.05. The minimum Gasteiger partial charge on any atom is -0.371 e. The molecular weight excluding hydrogens is 358 g/mol. The average molecular weight is 382 g/mol. The van der Waals surface area contributed by atoms with Crippen LogP contribution in [0.3, 0.4) is 0 Å². The summed E-state index contributed by atoms with van der Waals surface area (Å²) < 4.78 is 0. The van der Waals surface area contributed by atoms with Gasteiger partial charge in [-0.1, -0.05) is 11.6 Å². The number of piperidine rings is 1. The Morgan fingerprint density at radius 2 is 1.70 bits per heavy atom. The van der Waals surface area contributed by atoms with E-state index in [4.69, 9.17) is 16.9 Å². The highest BCUT2D eigenvalue weighted by Gasteiger charge is 2.28. The zero-order valence-electron chi connectivity index (χ0n) is 15.4. The van der Waals surface area contributed by atoms with Gasteiger partial charge >= 0.3 is 0 Å². The molecule has 0 bridgehead atoms. The molecule has 1 aliphatic carbocycles. The van der Waals surface area contributed by atoms with Crippen molar-refractivity contribution in [2.24, 2.45) is 11.8 Å². The lowest BCUT2D eigenvalue weighted by Gasteiger charge is -2.36. The van der Waals surface area contributed by atoms with Gasteiger partial charge in [0.1, 0.15) is 11.8 Å². The zero-order valence-corrected chi connectivity index (χ0v) is 16.1. The Morgan fingerprint density at radius 3 is 2.33 bits per heavy atom. The predicted octanol–water partition coefficient (Wildman–Crippen LogP) is 4.13. The van der Waals surface area contributed by atoms with Gasteiger partial charge in [0.25, 0.3) is 0 Å². The second-order valence-electron chi connectivity index (χ2n) is 7.61. The molecule has 0 amide bonds. The second kappa shape index (κ2) is 8.14. The van der Waals surface area contributed by atoms with Crippen LogP contribution >= 0.6 is 11.6 Å². The molecule has 0 unspecified atom stereocenters. The Balaban J connectivity index is 1.37. The lowest BCUT2D eigenvalue weighted by Crippen LogP contribution is -2.40. The maximum Gasteiger partial charge on any atom is 0.226 e. The fourth-order valence-corrected chi connectivity index (χ4v) is 3.87. The normalized spacial score (nSPS) is 17.6. The Hall–Kier alpha value is -2.32. The van der Waals surface area contributed by atoms with Crippen molar-refractivity contribution in [1.82, 2.24) is 9.97 Å². The summed E-state index contributed by atoms with van der Waals surface area (Å²) in [5.41, 5.74) is 1.71. The summed E-state index contributed by atoms with van der Waals surface area (Å²) in [6.07, 6.45) is 6.62. The smallest absolute Gasteiger partial charge is 0.226 e. The number of rotatable bonds is 6. The number of benzene rings is 1. The molecule has 1 aromatic heterocycles. The fourth-order valence-electron chi connectivity index (χ4n) is 3.74. The van der Waals surface area contributed by atoms with Gasteiger partial charge in [-0.2, -0.15) is 5.26 Å². The van der Waals surface area contributed by atoms with Gasteiger partial charge in [-0.25, -0.2) is 9.97 Å². The molecule has 2 aliphatic rings. The van der Waals surface area contributed by atoms with Crippen LogP contribution in [0.4, 0.5) is 11.6 Å². The SMILES string of the molecule is N#Cc1ccnc(N2CCC(CN(CC3CC3)c3ccc(Cl)cc3)CC2)n1. The summed E-state index contributed by atoms with van der Waals surface area (Å²) in [7, 11) is 0. The molecule has 0 atom stereocenters. The third-order valence-corrected chi connectivity index (χ3v) is 5.75. The number of nitriles is 1. The molecule has 5 nitrogen and oxygen atoms in total. The first-order chi connectivity index (χ1) is 13.2. The highest BCUT2D eigenvalue weighted by atomic mass is 35.5. The first-order valence-corrected chi connectivity index (χ1v) is 10.1. The Bertz CT molecular complexity index is 804. The Kier molecular flexibility index (Phi) is 5.45. The molecule has 1 aromatic carbocycles. The highest BCUT2D eigenvalue weighted by molar-refractivity contribution is 6.30. The van der Waals surface area contributed by atoms with Gasteiger partial charge in [-0.3, -0.25) is 0 Å². The maximum absolute atomic E-state index is 9.03. The first kappa shape index (κ1) is 18.1. The quantitative estimate of drug-likeness (QED) is 0.752. The average Bonchev–Trinajstić information content (AvgIpc) is 3.53. The summed E-state index contributed by atoms with van der Waals surface area (Å²) in [6, 6.07) is 12.0. The van der Waals surface area contributed by atoms with Crippen LogP contribution in [0.25, 0.3) is 0 Å². The van der Waals surface area contributed by atoms with Crippen LogP contribution in [-0.2, 0) is 0 Å². The Labute approximate surface area is 165 Å². The first-order valence-electron chi connectivity index (χ1n) is 9.70. The number of halogens is 1. The standard InChI is InChI=1S/C21H24ClN5/c22-18-3-5-20(6-4-18)27(14-16-1-2-16)15-17-8-11-26(12-9-17)21-24-10-7-19(13-23)25-21/h3-7,10,16-17H,1-2,8-9,11-12,14-15H2. The number of hydrogen-bond donors (Lipinski definition) is 0. The molecule has 0 spiro atoms. The van der Waals surface area contributed by atoms with Gasteiger partial charge in [0.15, 0.2) is 0 Å². The van der Waals surface area contributed by atoms with Crippen molar-refractivity contribution in [2.75, 3.05) is 36.0 Å². The predicted molar refractivity (Wildman–Crippen MR) is 108 cm³/mol. The third-order valence-electron chi connectivity index (χ3n) is 5.50. The molecule has 0 radical (unpaired) electrons. The Morgan fingerprint density at radius 1 is 1.04 bits per heavy atom. The molecule has 1 aliphatic heterocycles. The van der Waals surface area contributed by atoms with Crippen molar-refractivity contribution in [1.29, 1.82) is 5.26 Å². The lowest BCUT2D eigenvalue weighted by atomic mass is 9.96. The maximum atomic E-state index is 9.03. The number of anilines is 2. The topological polar surface area (TPSA) is 56.1 Å². The van der Waals surface area contributed by atoms with E-state index in [9.17, 15) is 0 Å². The number of hydrogen-bond acceptors (Lipinski definition) is 5. The van der Waals surface area contributed by atoms with Crippen molar-refractivity contribution in [3.8, 4) is 6.07 Å². The third kappa shape index (κ3) is 4.70. The molecule has 2 aromatic rings. The molecule has 2 heterocycles. The van der Waals surface area contributed by atoms with Crippen molar-refractivity contribution in [2.45, 2.75) is 25.7 Å². The van der Waals surface area contributed by atoms with Gasteiger partial charge in [0.05, 0.1) is 0 Å². The van der Waals surface area contributed by atoms with Crippen molar-refractivity contribution >= 4 is 23.2 Å². The van der Waals surface area contributed by atoms with Crippen LogP contribution in [0.2, 0.25) is 5.02 Å². The fraction of sp³-hybridized carbons (Fsp3) is 0.476. The molecule has 0 N–H and O–H groups in total. The van der Waals surface area contributed by atoms with Gasteiger partial charge < -0.3 is 9.80 Å². The summed E-state index contributed by atoms with van der Waals surface area (Å²) >= 11 is 6.07. The molecule has 1 saturated carbocycles. The summed E-state index contributed by atoms with van der Waals surface area (Å²) in [6.45, 7) is 4.12. The van der Waals surface area contributed by atoms with E-state index in [2.05, 4.69) is 38.0 Å². The van der Waals surface area contributed by atoms with E-state index >= 15 is 0 Å². The van der Waals surface area contributed by atoms with Crippen molar-refractivity contribution < 1.29 is 0 Å². The molecule has 27 heavy (non-hydrogen) atoms. The van der Waals surface area contributed by atoms with Crippen LogP contribution in [0, 0.1) is 23.2 Å².